The lowest BCUT2D eigenvalue weighted by Gasteiger charge is -2.61. The Hall–Kier alpha value is -0.240. The molecule has 1 heterocycles. The number of fused-ring (bicyclic) bond motifs is 5. The Bertz CT molecular complexity index is 864. The summed E-state index contributed by atoms with van der Waals surface area (Å²) in [7, 11) is 0. The number of hydrogen-bond donors (Lipinski definition) is 4. The van der Waals surface area contributed by atoms with E-state index in [0.717, 1.165) is 60.7 Å². The molecule has 5 rings (SSSR count). The Morgan fingerprint density at radius 1 is 0.829 bits per heavy atom. The van der Waals surface area contributed by atoms with Gasteiger partial charge in [-0.05, 0) is 122 Å². The van der Waals surface area contributed by atoms with Crippen LogP contribution in [0.5, 0.6) is 0 Å². The van der Waals surface area contributed by atoms with Gasteiger partial charge in [-0.1, -0.05) is 54.4 Å². The smallest absolute Gasteiger partial charge is 0.186 e. The number of ether oxygens (including phenoxy) is 2. The van der Waals surface area contributed by atoms with Gasteiger partial charge in [0.2, 0.25) is 0 Å². The normalized spacial score (nSPS) is 49.7. The van der Waals surface area contributed by atoms with E-state index in [1.165, 1.54) is 57.8 Å². The van der Waals surface area contributed by atoms with Crippen molar-refractivity contribution < 1.29 is 29.9 Å². The van der Waals surface area contributed by atoms with Crippen molar-refractivity contribution in [3.05, 3.63) is 0 Å². The van der Waals surface area contributed by atoms with Crippen molar-refractivity contribution in [2.24, 2.45) is 58.2 Å². The summed E-state index contributed by atoms with van der Waals surface area (Å²) in [5.74, 6) is 6.51. The monoisotopic (exact) mass is 578 g/mol. The third-order valence-corrected chi connectivity index (χ3v) is 14.0. The topological polar surface area (TPSA) is 99.4 Å². The van der Waals surface area contributed by atoms with Gasteiger partial charge in [0.1, 0.15) is 24.4 Å². The first-order valence-electron chi connectivity index (χ1n) is 17.4. The van der Waals surface area contributed by atoms with Crippen LogP contribution in [0, 0.1) is 58.2 Å². The lowest BCUT2D eigenvalue weighted by atomic mass is 9.44. The van der Waals surface area contributed by atoms with Crippen LogP contribution in [0.1, 0.15) is 119 Å². The molecule has 238 valence electrons. The zero-order chi connectivity index (χ0) is 29.7. The van der Waals surface area contributed by atoms with Gasteiger partial charge in [0.15, 0.2) is 6.29 Å². The first kappa shape index (κ1) is 32.2. The summed E-state index contributed by atoms with van der Waals surface area (Å²) in [6.07, 6.45) is 9.34. The van der Waals surface area contributed by atoms with E-state index >= 15 is 0 Å². The van der Waals surface area contributed by atoms with E-state index in [0.29, 0.717) is 16.7 Å². The van der Waals surface area contributed by atoms with Gasteiger partial charge >= 0.3 is 0 Å². The molecule has 4 N–H and O–H groups in total. The van der Waals surface area contributed by atoms with Gasteiger partial charge in [0.25, 0.3) is 0 Å². The molecule has 4 aliphatic carbocycles. The Kier molecular flexibility index (Phi) is 9.91. The molecular formula is C35H62O6. The summed E-state index contributed by atoms with van der Waals surface area (Å²) >= 11 is 0. The minimum atomic E-state index is -1.38. The largest absolute Gasteiger partial charge is 0.394 e. The highest BCUT2D eigenvalue weighted by atomic mass is 16.7. The molecule has 6 nitrogen and oxygen atoms in total. The van der Waals surface area contributed by atoms with E-state index in [4.69, 9.17) is 9.47 Å². The number of aliphatic hydroxyl groups is 4. The first-order valence-corrected chi connectivity index (χ1v) is 17.4. The molecule has 0 aromatic rings. The molecule has 1 aliphatic heterocycles. The van der Waals surface area contributed by atoms with Crippen molar-refractivity contribution in [3.8, 4) is 0 Å². The van der Waals surface area contributed by atoms with Crippen molar-refractivity contribution in [1.82, 2.24) is 0 Å². The van der Waals surface area contributed by atoms with Gasteiger partial charge in [-0.3, -0.25) is 0 Å². The second-order valence-electron chi connectivity index (χ2n) is 16.1. The molecule has 0 unspecified atom stereocenters. The molecule has 0 aromatic carbocycles. The summed E-state index contributed by atoms with van der Waals surface area (Å²) in [6, 6.07) is 0. The second kappa shape index (κ2) is 12.6. The van der Waals surface area contributed by atoms with Crippen LogP contribution in [-0.2, 0) is 9.47 Å². The van der Waals surface area contributed by atoms with Gasteiger partial charge in [0.05, 0.1) is 12.7 Å². The Balaban J connectivity index is 1.20. The highest BCUT2D eigenvalue weighted by Gasteiger charge is 2.61. The summed E-state index contributed by atoms with van der Waals surface area (Å²) in [5, 5.41) is 40.4. The molecular weight excluding hydrogens is 516 g/mol. The van der Waals surface area contributed by atoms with Crippen LogP contribution in [0.3, 0.4) is 0 Å². The zero-order valence-corrected chi connectivity index (χ0v) is 26.9. The summed E-state index contributed by atoms with van der Waals surface area (Å²) in [6.45, 7) is 14.6. The maximum atomic E-state index is 10.5. The highest BCUT2D eigenvalue weighted by molar-refractivity contribution is 5.10. The third-order valence-electron chi connectivity index (χ3n) is 14.0. The zero-order valence-electron chi connectivity index (χ0n) is 26.9. The molecule has 5 aliphatic rings. The van der Waals surface area contributed by atoms with Gasteiger partial charge in [-0.2, -0.15) is 0 Å². The van der Waals surface area contributed by atoms with Gasteiger partial charge in [-0.25, -0.2) is 0 Å². The van der Waals surface area contributed by atoms with Crippen LogP contribution < -0.4 is 0 Å². The fourth-order valence-electron chi connectivity index (χ4n) is 11.4. The Labute approximate surface area is 250 Å². The van der Waals surface area contributed by atoms with Crippen molar-refractivity contribution in [2.75, 3.05) is 6.61 Å². The Morgan fingerprint density at radius 2 is 1.54 bits per heavy atom. The molecule has 0 aromatic heterocycles. The molecule has 15 atom stereocenters. The van der Waals surface area contributed by atoms with Crippen LogP contribution in [0.2, 0.25) is 0 Å². The summed E-state index contributed by atoms with van der Waals surface area (Å²) in [5.41, 5.74) is 0.849. The fourth-order valence-corrected chi connectivity index (χ4v) is 11.4. The van der Waals surface area contributed by atoms with Gasteiger partial charge < -0.3 is 29.9 Å². The van der Waals surface area contributed by atoms with Crippen molar-refractivity contribution in [2.45, 2.75) is 155 Å². The maximum Gasteiger partial charge on any atom is 0.186 e. The molecule has 5 fully saturated rings. The van der Waals surface area contributed by atoms with Crippen LogP contribution in [0.4, 0.5) is 0 Å². The van der Waals surface area contributed by atoms with E-state index in [1.54, 1.807) is 0 Å². The predicted molar refractivity (Wildman–Crippen MR) is 161 cm³/mol. The van der Waals surface area contributed by atoms with Crippen molar-refractivity contribution >= 4 is 0 Å². The average Bonchev–Trinajstić information content (AvgIpc) is 3.30. The summed E-state index contributed by atoms with van der Waals surface area (Å²) < 4.78 is 11.9. The lowest BCUT2D eigenvalue weighted by Crippen LogP contribution is -2.60. The minimum absolute atomic E-state index is 0.0330. The average molecular weight is 579 g/mol. The molecule has 1 saturated heterocycles. The number of hydrogen-bond acceptors (Lipinski definition) is 6. The van der Waals surface area contributed by atoms with E-state index in [9.17, 15) is 20.4 Å². The molecule has 4 saturated carbocycles. The summed E-state index contributed by atoms with van der Waals surface area (Å²) in [4.78, 5) is 0. The van der Waals surface area contributed by atoms with E-state index < -0.39 is 37.3 Å². The molecule has 0 bridgehead atoms. The lowest BCUT2D eigenvalue weighted by molar-refractivity contribution is -0.316. The molecule has 0 amide bonds. The second-order valence-corrected chi connectivity index (χ2v) is 16.1. The molecule has 0 spiro atoms. The van der Waals surface area contributed by atoms with Crippen molar-refractivity contribution in [3.63, 3.8) is 0 Å². The van der Waals surface area contributed by atoms with E-state index in [1.807, 2.05) is 0 Å². The Morgan fingerprint density at radius 3 is 2.22 bits per heavy atom. The van der Waals surface area contributed by atoms with E-state index in [2.05, 4.69) is 41.5 Å². The SMILES string of the molecule is CC[C@H](CC[C@@H](C)[C@H]1CC[C@H]2[C@@H]3CC[C@H]4C[C@@H](O[C@@H]5O[C@H](CO)[C@@H](O)[C@H](O)[C@H]5O)CC[C@]4(C)[C@H]3CC[C@]12C)C(C)C. The van der Waals surface area contributed by atoms with Crippen LogP contribution in [0.15, 0.2) is 0 Å². The standard InChI is InChI=1S/C35H62O6/c1-7-22(20(2)3)9-8-21(4)26-12-13-27-25-11-10-23-18-24(14-16-34(23,5)28(25)15-17-35(26,27)6)40-33-32(39)31(38)30(37)29(19-36)41-33/h20-33,36-39H,7-19H2,1-6H3/t21-,22-,23+,24+,25+,26-,27+,28+,29-,30-,31+,32-,33-,34+,35-/m1/s1. The van der Waals surface area contributed by atoms with Crippen LogP contribution in [-0.4, -0.2) is 63.8 Å². The van der Waals surface area contributed by atoms with Crippen LogP contribution >= 0.6 is 0 Å². The minimum Gasteiger partial charge on any atom is -0.394 e. The third kappa shape index (κ3) is 5.81. The predicted octanol–water partition coefficient (Wildman–Crippen LogP) is 5.93. The van der Waals surface area contributed by atoms with E-state index in [-0.39, 0.29) is 6.10 Å². The van der Waals surface area contributed by atoms with Gasteiger partial charge in [0, 0.05) is 0 Å². The van der Waals surface area contributed by atoms with Crippen LogP contribution in [0.25, 0.3) is 0 Å². The molecule has 6 heteroatoms. The number of aliphatic hydroxyl groups excluding tert-OH is 4. The fraction of sp³-hybridized carbons (Fsp3) is 1.00. The maximum absolute atomic E-state index is 10.5. The highest BCUT2D eigenvalue weighted by Crippen LogP contribution is 2.68. The first-order chi connectivity index (χ1) is 19.4. The molecule has 41 heavy (non-hydrogen) atoms. The molecule has 0 radical (unpaired) electrons. The quantitative estimate of drug-likeness (QED) is 0.253. The van der Waals surface area contributed by atoms with Gasteiger partial charge in [-0.15, -0.1) is 0 Å². The van der Waals surface area contributed by atoms with Crippen molar-refractivity contribution in [1.29, 1.82) is 0 Å². The number of rotatable bonds is 9.